The molecule has 2 aromatic heterocycles. The lowest BCUT2D eigenvalue weighted by Crippen LogP contribution is -2.02. The molecule has 0 radical (unpaired) electrons. The minimum absolute atomic E-state index is 0.729. The average molecular weight is 312 g/mol. The molecule has 0 aliphatic carbocycles. The standard InChI is InChI=1S/C20H16N4/c1-2-6-15(7-3-1)12-22-20-11-19(23-14-24-20)17-10-16-8-4-5-9-18(16)21-13-17/h1-11,13-14H,12H2,(H,22,23,24). The number of hydrogen-bond donors (Lipinski definition) is 1. The molecular weight excluding hydrogens is 296 g/mol. The van der Waals surface area contributed by atoms with E-state index in [4.69, 9.17) is 0 Å². The molecule has 0 aliphatic heterocycles. The van der Waals surface area contributed by atoms with Crippen molar-refractivity contribution < 1.29 is 0 Å². The van der Waals surface area contributed by atoms with Gasteiger partial charge in [0.25, 0.3) is 0 Å². The molecule has 0 atom stereocenters. The minimum Gasteiger partial charge on any atom is -0.366 e. The summed E-state index contributed by atoms with van der Waals surface area (Å²) in [5.74, 6) is 0.803. The van der Waals surface area contributed by atoms with Crippen molar-refractivity contribution in [2.45, 2.75) is 6.54 Å². The van der Waals surface area contributed by atoms with E-state index in [0.29, 0.717) is 0 Å². The van der Waals surface area contributed by atoms with E-state index in [1.807, 2.05) is 48.7 Å². The van der Waals surface area contributed by atoms with Crippen LogP contribution in [0.3, 0.4) is 0 Å². The Morgan fingerprint density at radius 1 is 0.792 bits per heavy atom. The van der Waals surface area contributed by atoms with Crippen molar-refractivity contribution in [2.24, 2.45) is 0 Å². The van der Waals surface area contributed by atoms with Crippen LogP contribution in [0.2, 0.25) is 0 Å². The summed E-state index contributed by atoms with van der Waals surface area (Å²) in [6, 6.07) is 22.4. The van der Waals surface area contributed by atoms with Crippen molar-refractivity contribution in [1.29, 1.82) is 0 Å². The number of rotatable bonds is 4. The molecule has 2 aromatic carbocycles. The monoisotopic (exact) mass is 312 g/mol. The molecule has 0 bridgehead atoms. The molecule has 2 heterocycles. The molecule has 0 amide bonds. The predicted molar refractivity (Wildman–Crippen MR) is 96.5 cm³/mol. The van der Waals surface area contributed by atoms with E-state index in [1.54, 1.807) is 6.33 Å². The summed E-state index contributed by atoms with van der Waals surface area (Å²) >= 11 is 0. The minimum atomic E-state index is 0.729. The maximum Gasteiger partial charge on any atom is 0.130 e. The molecule has 0 spiro atoms. The molecule has 4 heteroatoms. The molecule has 0 saturated heterocycles. The highest BCUT2D eigenvalue weighted by Crippen LogP contribution is 2.22. The van der Waals surface area contributed by atoms with Crippen LogP contribution in [0.25, 0.3) is 22.2 Å². The summed E-state index contributed by atoms with van der Waals surface area (Å²) in [7, 11) is 0. The average Bonchev–Trinajstić information content (AvgIpc) is 2.67. The lowest BCUT2D eigenvalue weighted by atomic mass is 10.1. The molecular formula is C20H16N4. The van der Waals surface area contributed by atoms with Gasteiger partial charge < -0.3 is 5.32 Å². The predicted octanol–water partition coefficient (Wildman–Crippen LogP) is 4.30. The Balaban J connectivity index is 1.59. The molecule has 0 fully saturated rings. The van der Waals surface area contributed by atoms with Crippen molar-refractivity contribution in [2.75, 3.05) is 5.32 Å². The zero-order chi connectivity index (χ0) is 16.2. The third kappa shape index (κ3) is 3.08. The van der Waals surface area contributed by atoms with Crippen molar-refractivity contribution >= 4 is 16.7 Å². The molecule has 1 N–H and O–H groups in total. The third-order valence-corrected chi connectivity index (χ3v) is 3.87. The molecule has 0 unspecified atom stereocenters. The molecule has 4 aromatic rings. The van der Waals surface area contributed by atoms with Crippen LogP contribution < -0.4 is 5.32 Å². The molecule has 0 saturated carbocycles. The highest BCUT2D eigenvalue weighted by molar-refractivity contribution is 5.82. The van der Waals surface area contributed by atoms with Crippen molar-refractivity contribution in [3.63, 3.8) is 0 Å². The number of nitrogens with zero attached hydrogens (tertiary/aromatic N) is 3. The molecule has 4 nitrogen and oxygen atoms in total. The Bertz CT molecular complexity index is 967. The fraction of sp³-hybridized carbons (Fsp3) is 0.0500. The Morgan fingerprint density at radius 3 is 2.54 bits per heavy atom. The van der Waals surface area contributed by atoms with Gasteiger partial charge in [-0.3, -0.25) is 4.98 Å². The largest absolute Gasteiger partial charge is 0.366 e. The first kappa shape index (κ1) is 14.3. The summed E-state index contributed by atoms with van der Waals surface area (Å²) in [6.07, 6.45) is 3.43. The highest BCUT2D eigenvalue weighted by atomic mass is 15.0. The second-order valence-corrected chi connectivity index (χ2v) is 5.54. The van der Waals surface area contributed by atoms with E-state index < -0.39 is 0 Å². The van der Waals surface area contributed by atoms with Gasteiger partial charge in [-0.05, 0) is 17.7 Å². The van der Waals surface area contributed by atoms with E-state index in [0.717, 1.165) is 34.5 Å². The molecule has 24 heavy (non-hydrogen) atoms. The fourth-order valence-corrected chi connectivity index (χ4v) is 2.61. The van der Waals surface area contributed by atoms with Gasteiger partial charge in [0, 0.05) is 29.8 Å². The Morgan fingerprint density at radius 2 is 1.62 bits per heavy atom. The van der Waals surface area contributed by atoms with Gasteiger partial charge in [-0.1, -0.05) is 48.5 Å². The quantitative estimate of drug-likeness (QED) is 0.610. The van der Waals surface area contributed by atoms with Gasteiger partial charge in [-0.15, -0.1) is 0 Å². The van der Waals surface area contributed by atoms with E-state index in [9.17, 15) is 0 Å². The smallest absolute Gasteiger partial charge is 0.130 e. The van der Waals surface area contributed by atoms with Gasteiger partial charge in [0.2, 0.25) is 0 Å². The topological polar surface area (TPSA) is 50.7 Å². The molecule has 4 rings (SSSR count). The van der Waals surface area contributed by atoms with Gasteiger partial charge in [-0.2, -0.15) is 0 Å². The third-order valence-electron chi connectivity index (χ3n) is 3.87. The SMILES string of the molecule is c1ccc(CNc2cc(-c3cnc4ccccc4c3)ncn2)cc1. The number of fused-ring (bicyclic) bond motifs is 1. The van der Waals surface area contributed by atoms with Crippen molar-refractivity contribution in [3.05, 3.63) is 84.8 Å². The maximum absolute atomic E-state index is 4.50. The molecule has 116 valence electrons. The molecule has 0 aliphatic rings. The van der Waals surface area contributed by atoms with Crippen molar-refractivity contribution in [1.82, 2.24) is 15.0 Å². The van der Waals surface area contributed by atoms with Crippen LogP contribution in [-0.2, 0) is 6.54 Å². The van der Waals surface area contributed by atoms with Gasteiger partial charge in [0.1, 0.15) is 12.1 Å². The summed E-state index contributed by atoms with van der Waals surface area (Å²) in [6.45, 7) is 0.729. The van der Waals surface area contributed by atoms with Crippen LogP contribution in [0, 0.1) is 0 Å². The van der Waals surface area contributed by atoms with Crippen LogP contribution >= 0.6 is 0 Å². The number of hydrogen-bond acceptors (Lipinski definition) is 4. The first-order valence-electron chi connectivity index (χ1n) is 7.83. The van der Waals surface area contributed by atoms with Crippen LogP contribution in [0.5, 0.6) is 0 Å². The van der Waals surface area contributed by atoms with Crippen LogP contribution in [-0.4, -0.2) is 15.0 Å². The normalized spacial score (nSPS) is 10.7. The van der Waals surface area contributed by atoms with E-state index >= 15 is 0 Å². The number of aromatic nitrogens is 3. The zero-order valence-corrected chi connectivity index (χ0v) is 13.1. The fourth-order valence-electron chi connectivity index (χ4n) is 2.61. The zero-order valence-electron chi connectivity index (χ0n) is 13.1. The Labute approximate surface area is 140 Å². The Hall–Kier alpha value is -3.27. The summed E-state index contributed by atoms with van der Waals surface area (Å²) < 4.78 is 0. The number of anilines is 1. The van der Waals surface area contributed by atoms with Crippen LogP contribution in [0.4, 0.5) is 5.82 Å². The summed E-state index contributed by atoms with van der Waals surface area (Å²) in [5, 5.41) is 4.44. The highest BCUT2D eigenvalue weighted by Gasteiger charge is 2.04. The first-order chi connectivity index (χ1) is 11.9. The van der Waals surface area contributed by atoms with Gasteiger partial charge in [-0.25, -0.2) is 9.97 Å². The van der Waals surface area contributed by atoms with E-state index in [2.05, 4.69) is 44.5 Å². The maximum atomic E-state index is 4.50. The number of nitrogens with one attached hydrogen (secondary N) is 1. The van der Waals surface area contributed by atoms with Crippen LogP contribution in [0.15, 0.2) is 79.3 Å². The summed E-state index contributed by atoms with van der Waals surface area (Å²) in [5.41, 5.74) is 4.04. The first-order valence-corrected chi connectivity index (χ1v) is 7.83. The van der Waals surface area contributed by atoms with E-state index in [-0.39, 0.29) is 0 Å². The lowest BCUT2D eigenvalue weighted by molar-refractivity contribution is 1.08. The van der Waals surface area contributed by atoms with Gasteiger partial charge >= 0.3 is 0 Å². The van der Waals surface area contributed by atoms with Gasteiger partial charge in [0.15, 0.2) is 0 Å². The number of pyridine rings is 1. The van der Waals surface area contributed by atoms with Gasteiger partial charge in [0.05, 0.1) is 11.2 Å². The number of benzene rings is 2. The lowest BCUT2D eigenvalue weighted by Gasteiger charge is -2.07. The second-order valence-electron chi connectivity index (χ2n) is 5.54. The Kier molecular flexibility index (Phi) is 3.86. The summed E-state index contributed by atoms with van der Waals surface area (Å²) in [4.78, 5) is 13.2. The number of para-hydroxylation sites is 1. The van der Waals surface area contributed by atoms with Crippen LogP contribution in [0.1, 0.15) is 5.56 Å². The van der Waals surface area contributed by atoms with E-state index in [1.165, 1.54) is 5.56 Å². The second kappa shape index (κ2) is 6.46. The van der Waals surface area contributed by atoms with Crippen molar-refractivity contribution in [3.8, 4) is 11.3 Å².